The zero-order valence-electron chi connectivity index (χ0n) is 7.47. The summed E-state index contributed by atoms with van der Waals surface area (Å²) in [4.78, 5) is 25.9. The van der Waals surface area contributed by atoms with Crippen LogP contribution in [0.25, 0.3) is 0 Å². The molecular weight excluding hydrogens is 182 g/mol. The number of ether oxygens (including phenoxy) is 1. The summed E-state index contributed by atoms with van der Waals surface area (Å²) in [5.74, 6) is -1.28. The Kier molecular flexibility index (Phi) is 3.55. The van der Waals surface area contributed by atoms with Gasteiger partial charge in [0.25, 0.3) is 0 Å². The lowest BCUT2D eigenvalue weighted by molar-refractivity contribution is -0.136. The molecule has 0 spiro atoms. The highest BCUT2D eigenvalue weighted by Crippen LogP contribution is 2.00. The summed E-state index contributed by atoms with van der Waals surface area (Å²) in [5, 5.41) is 0. The van der Waals surface area contributed by atoms with E-state index < -0.39 is 11.9 Å². The summed E-state index contributed by atoms with van der Waals surface area (Å²) >= 11 is 0. The van der Waals surface area contributed by atoms with Crippen molar-refractivity contribution in [3.05, 3.63) is 42.7 Å². The SMILES string of the molecule is C=CCC(=O)OC(=O)c1ccncc1. The van der Waals surface area contributed by atoms with Crippen molar-refractivity contribution in [1.29, 1.82) is 0 Å². The molecule has 0 aromatic carbocycles. The van der Waals surface area contributed by atoms with Gasteiger partial charge in [-0.25, -0.2) is 4.79 Å². The van der Waals surface area contributed by atoms with Gasteiger partial charge in [0.15, 0.2) is 0 Å². The molecule has 0 bridgehead atoms. The van der Waals surface area contributed by atoms with Crippen LogP contribution in [0.3, 0.4) is 0 Å². The first kappa shape index (κ1) is 10.1. The molecule has 0 unspecified atom stereocenters. The maximum Gasteiger partial charge on any atom is 0.345 e. The Bertz CT molecular complexity index is 346. The number of carbonyl (C=O) groups excluding carboxylic acids is 2. The zero-order chi connectivity index (χ0) is 10.4. The molecule has 0 fully saturated rings. The van der Waals surface area contributed by atoms with E-state index in [-0.39, 0.29) is 6.42 Å². The quantitative estimate of drug-likeness (QED) is 0.411. The van der Waals surface area contributed by atoms with Crippen molar-refractivity contribution in [2.75, 3.05) is 0 Å². The first-order valence-corrected chi connectivity index (χ1v) is 4.00. The number of hydrogen-bond donors (Lipinski definition) is 0. The van der Waals surface area contributed by atoms with Gasteiger partial charge in [0.1, 0.15) is 0 Å². The highest BCUT2D eigenvalue weighted by atomic mass is 16.6. The molecule has 0 amide bonds. The number of aromatic nitrogens is 1. The Labute approximate surface area is 81.2 Å². The number of pyridine rings is 1. The van der Waals surface area contributed by atoms with Crippen molar-refractivity contribution >= 4 is 11.9 Å². The van der Waals surface area contributed by atoms with Crippen LogP contribution in [0.2, 0.25) is 0 Å². The van der Waals surface area contributed by atoms with E-state index in [1.165, 1.54) is 30.6 Å². The highest BCUT2D eigenvalue weighted by Gasteiger charge is 2.10. The molecule has 1 aromatic rings. The molecule has 0 atom stereocenters. The van der Waals surface area contributed by atoms with Crippen molar-refractivity contribution in [2.24, 2.45) is 0 Å². The molecule has 0 N–H and O–H groups in total. The van der Waals surface area contributed by atoms with Crippen LogP contribution < -0.4 is 0 Å². The molecular formula is C10H9NO3. The molecule has 4 nitrogen and oxygen atoms in total. The van der Waals surface area contributed by atoms with Crippen molar-refractivity contribution in [3.8, 4) is 0 Å². The van der Waals surface area contributed by atoms with Gasteiger partial charge < -0.3 is 4.74 Å². The smallest absolute Gasteiger partial charge is 0.345 e. The third-order valence-corrected chi connectivity index (χ3v) is 1.43. The summed E-state index contributed by atoms with van der Waals surface area (Å²) in [6, 6.07) is 2.95. The second-order valence-electron chi connectivity index (χ2n) is 2.49. The minimum Gasteiger partial charge on any atom is -0.389 e. The number of nitrogens with zero attached hydrogens (tertiary/aromatic N) is 1. The topological polar surface area (TPSA) is 56.3 Å². The van der Waals surface area contributed by atoms with Crippen LogP contribution in [0.5, 0.6) is 0 Å². The molecule has 0 aliphatic carbocycles. The molecule has 1 heterocycles. The fourth-order valence-electron chi connectivity index (χ4n) is 0.810. The Hall–Kier alpha value is -1.97. The van der Waals surface area contributed by atoms with Gasteiger partial charge in [0.2, 0.25) is 0 Å². The van der Waals surface area contributed by atoms with E-state index >= 15 is 0 Å². The molecule has 4 heteroatoms. The third kappa shape index (κ3) is 2.82. The highest BCUT2D eigenvalue weighted by molar-refractivity contribution is 5.96. The Morgan fingerprint density at radius 1 is 1.43 bits per heavy atom. The molecule has 0 saturated heterocycles. The van der Waals surface area contributed by atoms with Crippen LogP contribution in [-0.4, -0.2) is 16.9 Å². The summed E-state index contributed by atoms with van der Waals surface area (Å²) in [6.45, 7) is 3.36. The fraction of sp³-hybridized carbons (Fsp3) is 0.100. The van der Waals surface area contributed by atoms with Crippen molar-refractivity contribution in [3.63, 3.8) is 0 Å². The molecule has 0 saturated carbocycles. The molecule has 0 aliphatic rings. The van der Waals surface area contributed by atoms with Gasteiger partial charge in [0.05, 0.1) is 12.0 Å². The molecule has 0 radical (unpaired) electrons. The minimum absolute atomic E-state index is 0.0246. The van der Waals surface area contributed by atoms with Gasteiger partial charge in [-0.1, -0.05) is 6.08 Å². The number of hydrogen-bond acceptors (Lipinski definition) is 4. The summed E-state index contributed by atoms with van der Waals surface area (Å²) < 4.78 is 4.50. The maximum atomic E-state index is 11.2. The van der Waals surface area contributed by atoms with E-state index in [1.807, 2.05) is 0 Å². The largest absolute Gasteiger partial charge is 0.389 e. The van der Waals surface area contributed by atoms with Crippen molar-refractivity contribution < 1.29 is 14.3 Å². The lowest BCUT2D eigenvalue weighted by Gasteiger charge is -1.99. The predicted molar refractivity (Wildman–Crippen MR) is 49.5 cm³/mol. The normalized spacial score (nSPS) is 9.14. The van der Waals surface area contributed by atoms with E-state index in [9.17, 15) is 9.59 Å². The average molecular weight is 191 g/mol. The van der Waals surface area contributed by atoms with Gasteiger partial charge in [0, 0.05) is 12.4 Å². The molecule has 0 aliphatic heterocycles. The molecule has 72 valence electrons. The van der Waals surface area contributed by atoms with Crippen LogP contribution in [0, 0.1) is 0 Å². The standard InChI is InChI=1S/C10H9NO3/c1-2-3-9(12)14-10(13)8-4-6-11-7-5-8/h2,4-7H,1,3H2. The molecule has 14 heavy (non-hydrogen) atoms. The van der Waals surface area contributed by atoms with Crippen molar-refractivity contribution in [2.45, 2.75) is 6.42 Å². The maximum absolute atomic E-state index is 11.2. The van der Waals surface area contributed by atoms with Gasteiger partial charge >= 0.3 is 11.9 Å². The lowest BCUT2D eigenvalue weighted by atomic mass is 10.3. The first-order valence-electron chi connectivity index (χ1n) is 4.00. The van der Waals surface area contributed by atoms with Crippen LogP contribution in [-0.2, 0) is 9.53 Å². The van der Waals surface area contributed by atoms with E-state index in [4.69, 9.17) is 0 Å². The van der Waals surface area contributed by atoms with Crippen LogP contribution >= 0.6 is 0 Å². The van der Waals surface area contributed by atoms with Crippen LogP contribution in [0.1, 0.15) is 16.8 Å². The van der Waals surface area contributed by atoms with E-state index in [1.54, 1.807) is 0 Å². The first-order chi connectivity index (χ1) is 6.74. The van der Waals surface area contributed by atoms with E-state index in [0.717, 1.165) is 0 Å². The molecule has 1 rings (SSSR count). The monoisotopic (exact) mass is 191 g/mol. The summed E-state index contributed by atoms with van der Waals surface area (Å²) in [6.07, 6.45) is 4.31. The van der Waals surface area contributed by atoms with Crippen LogP contribution in [0.4, 0.5) is 0 Å². The second kappa shape index (κ2) is 4.91. The number of rotatable bonds is 3. The average Bonchev–Trinajstić information content (AvgIpc) is 2.19. The third-order valence-electron chi connectivity index (χ3n) is 1.43. The fourth-order valence-corrected chi connectivity index (χ4v) is 0.810. The van der Waals surface area contributed by atoms with Gasteiger partial charge in [-0.15, -0.1) is 6.58 Å². The lowest BCUT2D eigenvalue weighted by Crippen LogP contribution is -2.11. The zero-order valence-corrected chi connectivity index (χ0v) is 7.47. The number of carbonyl (C=O) groups is 2. The Morgan fingerprint density at radius 2 is 2.07 bits per heavy atom. The van der Waals surface area contributed by atoms with Gasteiger partial charge in [-0.05, 0) is 12.1 Å². The Morgan fingerprint density at radius 3 is 2.64 bits per heavy atom. The Balaban J connectivity index is 2.59. The summed E-state index contributed by atoms with van der Waals surface area (Å²) in [5.41, 5.74) is 0.303. The predicted octanol–water partition coefficient (Wildman–Crippen LogP) is 1.34. The summed E-state index contributed by atoms with van der Waals surface area (Å²) in [7, 11) is 0. The second-order valence-corrected chi connectivity index (χ2v) is 2.49. The van der Waals surface area contributed by atoms with Crippen molar-refractivity contribution in [1.82, 2.24) is 4.98 Å². The van der Waals surface area contributed by atoms with Crippen LogP contribution in [0.15, 0.2) is 37.2 Å². The van der Waals surface area contributed by atoms with Gasteiger partial charge in [-0.2, -0.15) is 0 Å². The minimum atomic E-state index is -0.667. The van der Waals surface area contributed by atoms with E-state index in [2.05, 4.69) is 16.3 Å². The molecule has 1 aromatic heterocycles. The van der Waals surface area contributed by atoms with Gasteiger partial charge in [-0.3, -0.25) is 9.78 Å². The van der Waals surface area contributed by atoms with E-state index in [0.29, 0.717) is 5.56 Å². The number of esters is 2.